The minimum Gasteiger partial charge on any atom is -0.348 e. The lowest BCUT2D eigenvalue weighted by molar-refractivity contribution is 0.112. The van der Waals surface area contributed by atoms with E-state index in [-0.39, 0.29) is 12.1 Å². The van der Waals surface area contributed by atoms with E-state index < -0.39 is 0 Å². The van der Waals surface area contributed by atoms with Gasteiger partial charge in [0.2, 0.25) is 0 Å². The SMILES string of the molecule is O=C(N1CCC1)N1CCc2[nH]cnc2[C@H]1c1nc2ccccc2s1. The van der Waals surface area contributed by atoms with Crippen LogP contribution >= 0.6 is 11.3 Å². The summed E-state index contributed by atoms with van der Waals surface area (Å²) in [6.07, 6.45) is 3.64. The fourth-order valence-corrected chi connectivity index (χ4v) is 4.51. The van der Waals surface area contributed by atoms with Gasteiger partial charge < -0.3 is 14.8 Å². The summed E-state index contributed by atoms with van der Waals surface area (Å²) in [5.41, 5.74) is 3.04. The Balaban J connectivity index is 1.61. The second-order valence-electron chi connectivity index (χ2n) is 6.26. The first-order valence-corrected chi connectivity index (χ1v) is 9.06. The summed E-state index contributed by atoms with van der Waals surface area (Å²) >= 11 is 1.65. The number of likely N-dealkylation sites (tertiary alicyclic amines) is 1. The molecule has 0 bridgehead atoms. The highest BCUT2D eigenvalue weighted by Gasteiger charge is 2.38. The van der Waals surface area contributed by atoms with Gasteiger partial charge in [0, 0.05) is 31.7 Å². The Hall–Kier alpha value is -2.41. The third-order valence-electron chi connectivity index (χ3n) is 4.84. The molecule has 1 atom stereocenters. The first-order chi connectivity index (χ1) is 11.8. The van der Waals surface area contributed by atoms with Crippen molar-refractivity contribution in [2.24, 2.45) is 0 Å². The molecule has 2 aliphatic rings. The van der Waals surface area contributed by atoms with Crippen molar-refractivity contribution in [1.82, 2.24) is 24.8 Å². The van der Waals surface area contributed by atoms with Crippen LogP contribution in [0.5, 0.6) is 0 Å². The molecule has 0 saturated carbocycles. The number of carbonyl (C=O) groups excluding carboxylic acids is 1. The molecule has 0 aliphatic carbocycles. The maximum absolute atomic E-state index is 12.9. The van der Waals surface area contributed by atoms with Crippen LogP contribution in [0.3, 0.4) is 0 Å². The van der Waals surface area contributed by atoms with Gasteiger partial charge in [-0.05, 0) is 18.6 Å². The lowest BCUT2D eigenvalue weighted by Crippen LogP contribution is -2.52. The normalized spacial score (nSPS) is 20.1. The second-order valence-corrected chi connectivity index (χ2v) is 7.32. The lowest BCUT2D eigenvalue weighted by Gasteiger charge is -2.40. The third kappa shape index (κ3) is 2.04. The topological polar surface area (TPSA) is 65.1 Å². The van der Waals surface area contributed by atoms with Gasteiger partial charge >= 0.3 is 6.03 Å². The molecule has 0 radical (unpaired) electrons. The van der Waals surface area contributed by atoms with Crippen LogP contribution in [0.2, 0.25) is 0 Å². The number of imidazole rings is 1. The lowest BCUT2D eigenvalue weighted by atomic mass is 10.0. The summed E-state index contributed by atoms with van der Waals surface area (Å²) in [5, 5.41) is 0.943. The Morgan fingerprint density at radius 1 is 1.25 bits per heavy atom. The van der Waals surface area contributed by atoms with E-state index in [1.54, 1.807) is 17.7 Å². The number of fused-ring (bicyclic) bond motifs is 2. The predicted molar refractivity (Wildman–Crippen MR) is 92.0 cm³/mol. The fraction of sp³-hybridized carbons (Fsp3) is 0.353. The molecule has 1 N–H and O–H groups in total. The van der Waals surface area contributed by atoms with Crippen molar-refractivity contribution in [1.29, 1.82) is 0 Å². The monoisotopic (exact) mass is 339 g/mol. The maximum atomic E-state index is 12.9. The number of rotatable bonds is 1. The summed E-state index contributed by atoms with van der Waals surface area (Å²) in [7, 11) is 0. The molecule has 0 unspecified atom stereocenters. The average Bonchev–Trinajstić information content (AvgIpc) is 3.18. The molecular weight excluding hydrogens is 322 g/mol. The van der Waals surface area contributed by atoms with E-state index in [4.69, 9.17) is 4.98 Å². The van der Waals surface area contributed by atoms with E-state index in [1.165, 1.54) is 0 Å². The van der Waals surface area contributed by atoms with E-state index >= 15 is 0 Å². The van der Waals surface area contributed by atoms with Crippen LogP contribution in [-0.2, 0) is 6.42 Å². The van der Waals surface area contributed by atoms with Crippen molar-refractivity contribution >= 4 is 27.6 Å². The Labute approximate surface area is 143 Å². The quantitative estimate of drug-likeness (QED) is 0.741. The number of urea groups is 1. The van der Waals surface area contributed by atoms with E-state index in [9.17, 15) is 4.79 Å². The van der Waals surface area contributed by atoms with Gasteiger partial charge in [0.05, 0.1) is 22.2 Å². The second kappa shape index (κ2) is 5.31. The molecule has 3 aromatic rings. The van der Waals surface area contributed by atoms with E-state index in [1.807, 2.05) is 28.0 Å². The van der Waals surface area contributed by atoms with E-state index in [2.05, 4.69) is 16.0 Å². The minimum absolute atomic E-state index is 0.110. The van der Waals surface area contributed by atoms with Gasteiger partial charge in [0.1, 0.15) is 11.0 Å². The van der Waals surface area contributed by atoms with Crippen LogP contribution in [0.25, 0.3) is 10.2 Å². The van der Waals surface area contributed by atoms with Crippen molar-refractivity contribution < 1.29 is 4.79 Å². The van der Waals surface area contributed by atoms with Crippen LogP contribution in [-0.4, -0.2) is 50.4 Å². The van der Waals surface area contributed by atoms with Crippen molar-refractivity contribution in [3.05, 3.63) is 47.0 Å². The number of H-pyrrole nitrogens is 1. The van der Waals surface area contributed by atoms with Crippen LogP contribution in [0.15, 0.2) is 30.6 Å². The minimum atomic E-state index is -0.189. The zero-order valence-corrected chi connectivity index (χ0v) is 13.9. The number of nitrogens with zero attached hydrogens (tertiary/aromatic N) is 4. The number of hydrogen-bond donors (Lipinski definition) is 1. The van der Waals surface area contributed by atoms with Gasteiger partial charge in [-0.1, -0.05) is 12.1 Å². The molecule has 5 rings (SSSR count). The predicted octanol–water partition coefficient (Wildman–Crippen LogP) is 2.79. The number of amides is 2. The molecule has 1 aromatic carbocycles. The highest BCUT2D eigenvalue weighted by atomic mass is 32.1. The molecule has 7 heteroatoms. The molecule has 2 aliphatic heterocycles. The van der Waals surface area contributed by atoms with Crippen molar-refractivity contribution in [2.45, 2.75) is 18.9 Å². The number of para-hydroxylation sites is 1. The smallest absolute Gasteiger partial charge is 0.320 e. The van der Waals surface area contributed by atoms with Crippen molar-refractivity contribution in [3.8, 4) is 0 Å². The summed E-state index contributed by atoms with van der Waals surface area (Å²) in [6, 6.07) is 8.03. The Kier molecular flexibility index (Phi) is 3.09. The highest BCUT2D eigenvalue weighted by molar-refractivity contribution is 7.18. The number of carbonyl (C=O) groups is 1. The molecular formula is C17H17N5OS. The van der Waals surface area contributed by atoms with Crippen LogP contribution in [0, 0.1) is 0 Å². The number of thiazole rings is 1. The van der Waals surface area contributed by atoms with Gasteiger partial charge in [-0.15, -0.1) is 11.3 Å². The molecule has 24 heavy (non-hydrogen) atoms. The average molecular weight is 339 g/mol. The number of nitrogens with one attached hydrogen (secondary N) is 1. The number of aromatic nitrogens is 3. The Morgan fingerprint density at radius 2 is 2.12 bits per heavy atom. The van der Waals surface area contributed by atoms with Crippen LogP contribution in [0.1, 0.15) is 28.9 Å². The van der Waals surface area contributed by atoms with Gasteiger partial charge in [0.25, 0.3) is 0 Å². The molecule has 1 fully saturated rings. The first-order valence-electron chi connectivity index (χ1n) is 8.24. The first kappa shape index (κ1) is 14.0. The van der Waals surface area contributed by atoms with E-state index in [0.717, 1.165) is 52.5 Å². The van der Waals surface area contributed by atoms with Crippen LogP contribution < -0.4 is 0 Å². The van der Waals surface area contributed by atoms with Crippen LogP contribution in [0.4, 0.5) is 4.79 Å². The van der Waals surface area contributed by atoms with Crippen molar-refractivity contribution in [2.75, 3.05) is 19.6 Å². The molecule has 122 valence electrons. The van der Waals surface area contributed by atoms with E-state index in [0.29, 0.717) is 6.54 Å². The largest absolute Gasteiger partial charge is 0.348 e. The van der Waals surface area contributed by atoms with Crippen molar-refractivity contribution in [3.63, 3.8) is 0 Å². The zero-order valence-electron chi connectivity index (χ0n) is 13.1. The molecule has 2 aromatic heterocycles. The van der Waals surface area contributed by atoms with Gasteiger partial charge in [0.15, 0.2) is 0 Å². The maximum Gasteiger partial charge on any atom is 0.320 e. The van der Waals surface area contributed by atoms with Gasteiger partial charge in [-0.2, -0.15) is 0 Å². The standard InChI is InChI=1S/C17H17N5OS/c23-17(21-7-3-8-21)22-9-6-12-14(19-10-18-12)15(22)16-20-11-4-1-2-5-13(11)24-16/h1-2,4-5,10,15H,3,6-9H2,(H,18,19)/t15-/m0/s1. The van der Waals surface area contributed by atoms with Gasteiger partial charge in [-0.3, -0.25) is 0 Å². The number of aromatic amines is 1. The Bertz CT molecular complexity index is 879. The molecule has 4 heterocycles. The van der Waals surface area contributed by atoms with Gasteiger partial charge in [-0.25, -0.2) is 14.8 Å². The summed E-state index contributed by atoms with van der Waals surface area (Å²) < 4.78 is 1.14. The molecule has 0 spiro atoms. The fourth-order valence-electron chi connectivity index (χ4n) is 3.43. The highest BCUT2D eigenvalue weighted by Crippen LogP contribution is 2.38. The summed E-state index contributed by atoms with van der Waals surface area (Å²) in [6.45, 7) is 2.41. The zero-order chi connectivity index (χ0) is 16.1. The number of benzene rings is 1. The molecule has 2 amide bonds. The third-order valence-corrected chi connectivity index (χ3v) is 5.93. The summed E-state index contributed by atoms with van der Waals surface area (Å²) in [5.74, 6) is 0. The summed E-state index contributed by atoms with van der Waals surface area (Å²) in [4.78, 5) is 29.3. The number of hydrogen-bond acceptors (Lipinski definition) is 4. The Morgan fingerprint density at radius 3 is 2.92 bits per heavy atom. The molecule has 1 saturated heterocycles. The molecule has 6 nitrogen and oxygen atoms in total.